The third kappa shape index (κ3) is 2.85. The number of carbonyl (C=O) groups excluding carboxylic acids is 3. The van der Waals surface area contributed by atoms with Crippen LogP contribution in [0, 0.1) is 0 Å². The van der Waals surface area contributed by atoms with E-state index >= 15 is 0 Å². The first-order valence-electron chi connectivity index (χ1n) is 7.56. The largest absolute Gasteiger partial charge is 0.416 e. The second-order valence-corrected chi connectivity index (χ2v) is 6.77. The van der Waals surface area contributed by atoms with Crippen molar-refractivity contribution in [3.63, 3.8) is 0 Å². The molecule has 0 radical (unpaired) electrons. The molecule has 0 bridgehead atoms. The maximum absolute atomic E-state index is 12.8. The fourth-order valence-corrected chi connectivity index (χ4v) is 3.61. The smallest absolute Gasteiger partial charge is 0.323 e. The molecular weight excluding hydrogens is 383 g/mol. The van der Waals surface area contributed by atoms with Crippen molar-refractivity contribution in [3.8, 4) is 0 Å². The van der Waals surface area contributed by atoms with Gasteiger partial charge in [0.1, 0.15) is 4.88 Å². The molecule has 0 N–H and O–H groups in total. The number of benzene rings is 2. The number of halogens is 3. The van der Waals surface area contributed by atoms with Crippen LogP contribution in [0.25, 0.3) is 10.1 Å². The molecule has 1 aromatic heterocycles. The lowest BCUT2D eigenvalue weighted by atomic mass is 10.1. The van der Waals surface area contributed by atoms with E-state index in [-0.39, 0.29) is 21.4 Å². The number of alkyl halides is 3. The van der Waals surface area contributed by atoms with Crippen LogP contribution in [-0.4, -0.2) is 22.8 Å². The Bertz CT molecular complexity index is 1080. The molecule has 0 fully saturated rings. The van der Waals surface area contributed by atoms with Crippen LogP contribution in [0.1, 0.15) is 36.0 Å². The number of hydrogen-bond acceptors (Lipinski definition) is 5. The number of amides is 2. The van der Waals surface area contributed by atoms with Gasteiger partial charge in [-0.3, -0.25) is 9.59 Å². The zero-order chi connectivity index (χ0) is 19.3. The topological polar surface area (TPSA) is 63.7 Å². The molecule has 0 saturated carbocycles. The molecule has 1 aliphatic rings. The molecule has 3 aromatic rings. The summed E-state index contributed by atoms with van der Waals surface area (Å²) in [5.74, 6) is -2.55. The van der Waals surface area contributed by atoms with Crippen LogP contribution in [0.4, 0.5) is 13.2 Å². The van der Waals surface area contributed by atoms with E-state index in [0.717, 1.165) is 23.5 Å². The summed E-state index contributed by atoms with van der Waals surface area (Å²) in [6.07, 6.45) is -4.50. The molecule has 0 aliphatic carbocycles. The van der Waals surface area contributed by atoms with Crippen LogP contribution >= 0.6 is 11.3 Å². The van der Waals surface area contributed by atoms with Crippen molar-refractivity contribution < 1.29 is 32.4 Å². The van der Waals surface area contributed by atoms with E-state index in [4.69, 9.17) is 4.84 Å². The molecule has 1 aliphatic heterocycles. The van der Waals surface area contributed by atoms with Crippen LogP contribution in [-0.2, 0) is 11.0 Å². The lowest BCUT2D eigenvalue weighted by Gasteiger charge is -2.11. The molecule has 2 aromatic carbocycles. The van der Waals surface area contributed by atoms with Crippen LogP contribution in [0.3, 0.4) is 0 Å². The predicted octanol–water partition coefficient (Wildman–Crippen LogP) is 4.29. The van der Waals surface area contributed by atoms with Crippen LogP contribution in [0.15, 0.2) is 48.5 Å². The highest BCUT2D eigenvalue weighted by atomic mass is 32.1. The molecule has 27 heavy (non-hydrogen) atoms. The summed E-state index contributed by atoms with van der Waals surface area (Å²) >= 11 is 0.903. The minimum atomic E-state index is -4.50. The Hall–Kier alpha value is -3.20. The van der Waals surface area contributed by atoms with Gasteiger partial charge in [-0.25, -0.2) is 4.79 Å². The molecule has 136 valence electrons. The summed E-state index contributed by atoms with van der Waals surface area (Å²) in [5.41, 5.74) is -0.615. The Morgan fingerprint density at radius 3 is 2.19 bits per heavy atom. The molecule has 0 saturated heterocycles. The third-order valence-corrected chi connectivity index (χ3v) is 5.07. The summed E-state index contributed by atoms with van der Waals surface area (Å²) in [7, 11) is 0. The number of rotatable bonds is 2. The average molecular weight is 391 g/mol. The van der Waals surface area contributed by atoms with Crippen LogP contribution < -0.4 is 0 Å². The first-order chi connectivity index (χ1) is 12.8. The average Bonchev–Trinajstić information content (AvgIpc) is 3.16. The van der Waals surface area contributed by atoms with E-state index in [1.807, 2.05) is 0 Å². The van der Waals surface area contributed by atoms with E-state index < -0.39 is 29.5 Å². The Morgan fingerprint density at radius 2 is 1.59 bits per heavy atom. The Morgan fingerprint density at radius 1 is 0.963 bits per heavy atom. The summed E-state index contributed by atoms with van der Waals surface area (Å²) in [6.45, 7) is 0. The molecular formula is C18H8F3NO4S. The fraction of sp³-hybridized carbons (Fsp3) is 0.0556. The van der Waals surface area contributed by atoms with Crippen LogP contribution in [0.5, 0.6) is 0 Å². The monoisotopic (exact) mass is 391 g/mol. The molecule has 5 nitrogen and oxygen atoms in total. The number of imide groups is 1. The quantitative estimate of drug-likeness (QED) is 0.612. The van der Waals surface area contributed by atoms with Gasteiger partial charge < -0.3 is 4.84 Å². The zero-order valence-electron chi connectivity index (χ0n) is 13.2. The molecule has 2 amide bonds. The van der Waals surface area contributed by atoms with Gasteiger partial charge in [0.2, 0.25) is 0 Å². The Balaban J connectivity index is 1.61. The van der Waals surface area contributed by atoms with Gasteiger partial charge in [-0.05, 0) is 41.8 Å². The molecule has 0 atom stereocenters. The number of hydrogen-bond donors (Lipinski definition) is 0. The summed E-state index contributed by atoms with van der Waals surface area (Å²) in [5, 5.41) is 0.572. The highest BCUT2D eigenvalue weighted by molar-refractivity contribution is 7.20. The van der Waals surface area contributed by atoms with Gasteiger partial charge in [0.15, 0.2) is 0 Å². The Labute approximate surface area is 153 Å². The first-order valence-corrected chi connectivity index (χ1v) is 8.38. The van der Waals surface area contributed by atoms with Crippen molar-refractivity contribution in [1.29, 1.82) is 0 Å². The summed E-state index contributed by atoms with van der Waals surface area (Å²) in [4.78, 5) is 41.6. The molecule has 0 spiro atoms. The van der Waals surface area contributed by atoms with Gasteiger partial charge in [-0.15, -0.1) is 11.3 Å². The minimum Gasteiger partial charge on any atom is -0.323 e. The number of fused-ring (bicyclic) bond motifs is 2. The summed E-state index contributed by atoms with van der Waals surface area (Å²) in [6, 6.07) is 10.3. The highest BCUT2D eigenvalue weighted by Gasteiger charge is 2.39. The van der Waals surface area contributed by atoms with Crippen molar-refractivity contribution in [3.05, 3.63) is 70.1 Å². The van der Waals surface area contributed by atoms with E-state index in [1.54, 1.807) is 12.1 Å². The van der Waals surface area contributed by atoms with Crippen LogP contribution in [0.2, 0.25) is 0 Å². The molecule has 0 unspecified atom stereocenters. The van der Waals surface area contributed by atoms with Crippen molar-refractivity contribution >= 4 is 39.2 Å². The normalized spacial score (nSPS) is 14.0. The van der Waals surface area contributed by atoms with E-state index in [9.17, 15) is 27.6 Å². The highest BCUT2D eigenvalue weighted by Crippen LogP contribution is 2.34. The van der Waals surface area contributed by atoms with E-state index in [2.05, 4.69) is 0 Å². The SMILES string of the molecule is O=C(ON1C(=O)c2ccccc2C1=O)c1cc2cc(C(F)(F)F)ccc2s1. The zero-order valence-corrected chi connectivity index (χ0v) is 14.1. The fourth-order valence-electron chi connectivity index (χ4n) is 2.70. The maximum atomic E-state index is 12.8. The molecule has 2 heterocycles. The van der Waals surface area contributed by atoms with Crippen molar-refractivity contribution in [2.75, 3.05) is 0 Å². The lowest BCUT2D eigenvalue weighted by Crippen LogP contribution is -2.32. The minimum absolute atomic E-state index is 0.0270. The molecule has 4 rings (SSSR count). The second kappa shape index (κ2) is 5.92. The standard InChI is InChI=1S/C18H8F3NO4S/c19-18(20,21)10-5-6-13-9(7-10)8-14(27-13)17(25)26-22-15(23)11-3-1-2-4-12(11)16(22)24/h1-8H. The van der Waals surface area contributed by atoms with Crippen molar-refractivity contribution in [2.45, 2.75) is 6.18 Å². The van der Waals surface area contributed by atoms with Gasteiger partial charge in [-0.2, -0.15) is 13.2 Å². The van der Waals surface area contributed by atoms with Gasteiger partial charge >= 0.3 is 12.1 Å². The van der Waals surface area contributed by atoms with Gasteiger partial charge in [0.25, 0.3) is 11.8 Å². The second-order valence-electron chi connectivity index (χ2n) is 5.69. The number of nitrogens with zero attached hydrogens (tertiary/aromatic N) is 1. The lowest BCUT2D eigenvalue weighted by molar-refractivity contribution is -0.137. The van der Waals surface area contributed by atoms with Crippen molar-refractivity contribution in [1.82, 2.24) is 5.06 Å². The Kier molecular flexibility index (Phi) is 3.77. The van der Waals surface area contributed by atoms with E-state index in [0.29, 0.717) is 9.76 Å². The number of carbonyl (C=O) groups is 3. The third-order valence-electron chi connectivity index (χ3n) is 3.98. The number of hydroxylamine groups is 2. The van der Waals surface area contributed by atoms with Gasteiger partial charge in [0, 0.05) is 4.70 Å². The van der Waals surface area contributed by atoms with E-state index in [1.165, 1.54) is 24.3 Å². The number of thiophene rings is 1. The maximum Gasteiger partial charge on any atom is 0.416 e. The van der Waals surface area contributed by atoms with Gasteiger partial charge in [0.05, 0.1) is 16.7 Å². The van der Waals surface area contributed by atoms with Crippen molar-refractivity contribution in [2.24, 2.45) is 0 Å². The first kappa shape index (κ1) is 17.2. The van der Waals surface area contributed by atoms with Gasteiger partial charge in [-0.1, -0.05) is 17.2 Å². The summed E-state index contributed by atoms with van der Waals surface area (Å²) < 4.78 is 38.8. The molecule has 9 heteroatoms. The predicted molar refractivity (Wildman–Crippen MR) is 89.2 cm³/mol.